The number of carbonyl (C=O) groups excluding carboxylic acids is 1. The van der Waals surface area contributed by atoms with E-state index in [4.69, 9.17) is 4.52 Å². The molecule has 3 aromatic heterocycles. The fraction of sp³-hybridized carbons (Fsp3) is 0.474. The first-order chi connectivity index (χ1) is 13.8. The molecule has 0 aromatic carbocycles. The van der Waals surface area contributed by atoms with Crippen LogP contribution in [0.2, 0.25) is 0 Å². The predicted octanol–water partition coefficient (Wildman–Crippen LogP) is 2.15. The van der Waals surface area contributed by atoms with E-state index in [1.807, 2.05) is 29.2 Å². The van der Waals surface area contributed by atoms with Gasteiger partial charge in [-0.1, -0.05) is 11.2 Å². The topological polar surface area (TPSA) is 103 Å². The van der Waals surface area contributed by atoms with E-state index in [1.54, 1.807) is 11.0 Å². The fourth-order valence-corrected chi connectivity index (χ4v) is 3.66. The number of hydrogen-bond acceptors (Lipinski definition) is 7. The van der Waals surface area contributed by atoms with E-state index in [0.717, 1.165) is 38.0 Å². The molecule has 1 saturated carbocycles. The van der Waals surface area contributed by atoms with Crippen molar-refractivity contribution in [1.29, 1.82) is 0 Å². The molecular formula is C19H21N7O2. The molecule has 0 spiro atoms. The van der Waals surface area contributed by atoms with Crippen molar-refractivity contribution < 1.29 is 9.32 Å². The van der Waals surface area contributed by atoms with Gasteiger partial charge in [-0.3, -0.25) is 9.78 Å². The van der Waals surface area contributed by atoms with Crippen LogP contribution in [0.3, 0.4) is 0 Å². The number of tetrazole rings is 1. The third-order valence-corrected chi connectivity index (χ3v) is 5.30. The molecule has 1 amide bonds. The van der Waals surface area contributed by atoms with Gasteiger partial charge in [0.25, 0.3) is 5.91 Å². The molecule has 9 heteroatoms. The maximum Gasteiger partial charge on any atom is 0.276 e. The van der Waals surface area contributed by atoms with E-state index in [0.29, 0.717) is 36.2 Å². The van der Waals surface area contributed by atoms with Crippen molar-refractivity contribution in [2.45, 2.75) is 38.1 Å². The minimum absolute atomic E-state index is 0.0546. The molecule has 4 heterocycles. The van der Waals surface area contributed by atoms with Crippen molar-refractivity contribution in [1.82, 2.24) is 35.2 Å². The molecule has 2 fully saturated rings. The van der Waals surface area contributed by atoms with Gasteiger partial charge in [0.1, 0.15) is 11.5 Å². The molecule has 0 bridgehead atoms. The van der Waals surface area contributed by atoms with Gasteiger partial charge in [0.05, 0.1) is 6.54 Å². The summed E-state index contributed by atoms with van der Waals surface area (Å²) in [4.78, 5) is 20.5. The van der Waals surface area contributed by atoms with Gasteiger partial charge in [-0.2, -0.15) is 4.80 Å². The molecule has 144 valence electrons. The number of piperidine rings is 1. The molecule has 1 atom stereocenters. The summed E-state index contributed by atoms with van der Waals surface area (Å²) in [6.07, 6.45) is 5.93. The highest BCUT2D eigenvalue weighted by atomic mass is 16.5. The smallest absolute Gasteiger partial charge is 0.276 e. The van der Waals surface area contributed by atoms with Crippen LogP contribution in [0.25, 0.3) is 11.5 Å². The maximum atomic E-state index is 12.8. The Morgan fingerprint density at radius 3 is 3.00 bits per heavy atom. The van der Waals surface area contributed by atoms with Gasteiger partial charge < -0.3 is 9.42 Å². The highest BCUT2D eigenvalue weighted by Gasteiger charge is 2.31. The van der Waals surface area contributed by atoms with Crippen molar-refractivity contribution in [2.24, 2.45) is 5.92 Å². The number of amides is 1. The number of nitrogens with zero attached hydrogens (tertiary/aromatic N) is 7. The zero-order valence-corrected chi connectivity index (χ0v) is 15.4. The third-order valence-electron chi connectivity index (χ3n) is 5.30. The first-order valence-electron chi connectivity index (χ1n) is 9.71. The van der Waals surface area contributed by atoms with Crippen LogP contribution in [-0.4, -0.2) is 54.2 Å². The van der Waals surface area contributed by atoms with Gasteiger partial charge >= 0.3 is 0 Å². The van der Waals surface area contributed by atoms with Crippen LogP contribution >= 0.6 is 0 Å². The Balaban J connectivity index is 1.23. The van der Waals surface area contributed by atoms with Gasteiger partial charge in [0.2, 0.25) is 5.82 Å². The monoisotopic (exact) mass is 379 g/mol. The van der Waals surface area contributed by atoms with Crippen molar-refractivity contribution in [3.63, 3.8) is 0 Å². The SMILES string of the molecule is O=C(c1cc(C2CC2)on1)N1CCC[C@H](Cn2nnc(-c3ccccn3)n2)C1. The van der Waals surface area contributed by atoms with Crippen molar-refractivity contribution >= 4 is 5.91 Å². The maximum absolute atomic E-state index is 12.8. The van der Waals surface area contributed by atoms with Crippen LogP contribution in [0, 0.1) is 5.92 Å². The number of aromatic nitrogens is 6. The van der Waals surface area contributed by atoms with E-state index in [-0.39, 0.29) is 11.8 Å². The van der Waals surface area contributed by atoms with Gasteiger partial charge in [-0.05, 0) is 48.9 Å². The zero-order valence-electron chi connectivity index (χ0n) is 15.4. The summed E-state index contributed by atoms with van der Waals surface area (Å²) >= 11 is 0. The molecule has 2 aliphatic rings. The molecule has 1 saturated heterocycles. The minimum atomic E-state index is -0.0546. The van der Waals surface area contributed by atoms with Crippen LogP contribution in [0.4, 0.5) is 0 Å². The Kier molecular flexibility index (Phi) is 4.34. The summed E-state index contributed by atoms with van der Waals surface area (Å²) in [5.41, 5.74) is 1.12. The zero-order chi connectivity index (χ0) is 18.9. The Morgan fingerprint density at radius 2 is 2.18 bits per heavy atom. The molecule has 28 heavy (non-hydrogen) atoms. The molecule has 0 N–H and O–H groups in total. The minimum Gasteiger partial charge on any atom is -0.360 e. The van der Waals surface area contributed by atoms with Crippen LogP contribution in [0.1, 0.15) is 47.8 Å². The van der Waals surface area contributed by atoms with Gasteiger partial charge in [0, 0.05) is 31.3 Å². The molecule has 0 radical (unpaired) electrons. The molecular weight excluding hydrogens is 358 g/mol. The Hall–Kier alpha value is -3.10. The largest absolute Gasteiger partial charge is 0.360 e. The van der Waals surface area contributed by atoms with E-state index in [2.05, 4.69) is 25.6 Å². The van der Waals surface area contributed by atoms with E-state index < -0.39 is 0 Å². The second-order valence-corrected chi connectivity index (χ2v) is 7.53. The molecule has 1 aliphatic carbocycles. The molecule has 5 rings (SSSR count). The average Bonchev–Trinajstić information content (AvgIpc) is 3.28. The standard InChI is InChI=1S/C19H21N7O2/c27-19(16-10-17(28-23-16)14-6-7-14)25-9-3-4-13(11-25)12-26-22-18(21-24-26)15-5-1-2-8-20-15/h1-2,5,8,10,13-14H,3-4,6-7,9,11-12H2/t13-/m0/s1. The van der Waals surface area contributed by atoms with Crippen molar-refractivity contribution in [3.8, 4) is 11.5 Å². The summed E-state index contributed by atoms with van der Waals surface area (Å²) in [6, 6.07) is 7.41. The first kappa shape index (κ1) is 17.0. The Bertz CT molecular complexity index is 964. The predicted molar refractivity (Wildman–Crippen MR) is 98.2 cm³/mol. The second-order valence-electron chi connectivity index (χ2n) is 7.53. The normalized spacial score (nSPS) is 19.7. The van der Waals surface area contributed by atoms with Gasteiger partial charge in [-0.25, -0.2) is 0 Å². The number of carbonyl (C=O) groups is 1. The summed E-state index contributed by atoms with van der Waals surface area (Å²) in [6.45, 7) is 2.02. The Morgan fingerprint density at radius 1 is 1.25 bits per heavy atom. The summed E-state index contributed by atoms with van der Waals surface area (Å²) in [5, 5.41) is 16.7. The molecule has 9 nitrogen and oxygen atoms in total. The van der Waals surface area contributed by atoms with Crippen molar-refractivity contribution in [3.05, 3.63) is 41.9 Å². The van der Waals surface area contributed by atoms with Crippen LogP contribution in [-0.2, 0) is 6.54 Å². The average molecular weight is 379 g/mol. The second kappa shape index (κ2) is 7.14. The Labute approximate surface area is 161 Å². The molecule has 3 aromatic rings. The third kappa shape index (κ3) is 3.51. The lowest BCUT2D eigenvalue weighted by atomic mass is 9.98. The van der Waals surface area contributed by atoms with E-state index in [9.17, 15) is 4.79 Å². The quantitative estimate of drug-likeness (QED) is 0.669. The highest BCUT2D eigenvalue weighted by Crippen LogP contribution is 2.40. The summed E-state index contributed by atoms with van der Waals surface area (Å²) < 4.78 is 5.33. The van der Waals surface area contributed by atoms with Crippen LogP contribution in [0.15, 0.2) is 35.0 Å². The molecule has 1 aliphatic heterocycles. The van der Waals surface area contributed by atoms with Gasteiger partial charge in [0.15, 0.2) is 5.69 Å². The van der Waals surface area contributed by atoms with Crippen LogP contribution < -0.4 is 0 Å². The fourth-order valence-electron chi connectivity index (χ4n) is 3.66. The highest BCUT2D eigenvalue weighted by molar-refractivity contribution is 5.92. The van der Waals surface area contributed by atoms with Crippen molar-refractivity contribution in [2.75, 3.05) is 13.1 Å². The van der Waals surface area contributed by atoms with E-state index in [1.165, 1.54) is 0 Å². The number of rotatable bonds is 5. The number of likely N-dealkylation sites (tertiary alicyclic amines) is 1. The van der Waals surface area contributed by atoms with Crippen LogP contribution in [0.5, 0.6) is 0 Å². The van der Waals surface area contributed by atoms with E-state index >= 15 is 0 Å². The summed E-state index contributed by atoms with van der Waals surface area (Å²) in [7, 11) is 0. The molecule has 0 unspecified atom stereocenters. The number of pyridine rings is 1. The lowest BCUT2D eigenvalue weighted by molar-refractivity contribution is 0.0645. The summed E-state index contributed by atoms with van der Waals surface area (Å²) in [5.74, 6) is 2.03. The van der Waals surface area contributed by atoms with Gasteiger partial charge in [-0.15, -0.1) is 10.2 Å². The lowest BCUT2D eigenvalue weighted by Gasteiger charge is -2.31. The first-order valence-corrected chi connectivity index (χ1v) is 9.71. The lowest BCUT2D eigenvalue weighted by Crippen LogP contribution is -2.41. The number of hydrogen-bond donors (Lipinski definition) is 0.